The first-order chi connectivity index (χ1) is 9.85. The Balaban J connectivity index is 2.35. The molecule has 1 amide bonds. The van der Waals surface area contributed by atoms with Gasteiger partial charge < -0.3 is 20.2 Å². The van der Waals surface area contributed by atoms with E-state index in [-0.39, 0.29) is 5.91 Å². The quantitative estimate of drug-likeness (QED) is 0.850. The number of hydrogen-bond donors (Lipinski definition) is 2. The van der Waals surface area contributed by atoms with Gasteiger partial charge >= 0.3 is 0 Å². The van der Waals surface area contributed by atoms with Gasteiger partial charge in [-0.3, -0.25) is 4.79 Å². The van der Waals surface area contributed by atoms with Crippen molar-refractivity contribution in [3.05, 3.63) is 22.2 Å². The number of aliphatic hydroxyl groups is 1. The summed E-state index contributed by atoms with van der Waals surface area (Å²) in [5.74, 6) is -0.363. The molecule has 1 aromatic rings. The van der Waals surface area contributed by atoms with Gasteiger partial charge in [-0.15, -0.1) is 0 Å². The molecule has 2 rings (SSSR count). The zero-order valence-electron chi connectivity index (χ0n) is 12.9. The minimum atomic E-state index is -1.07. The Bertz CT molecular complexity index is 548. The van der Waals surface area contributed by atoms with Crippen LogP contribution < -0.4 is 10.2 Å². The van der Waals surface area contributed by atoms with Crippen molar-refractivity contribution in [3.63, 3.8) is 0 Å². The van der Waals surface area contributed by atoms with Gasteiger partial charge in [-0.05, 0) is 56.0 Å². The molecule has 0 aromatic heterocycles. The average molecular weight is 356 g/mol. The lowest BCUT2D eigenvalue weighted by molar-refractivity contribution is -0.123. The Labute approximate surface area is 134 Å². The van der Waals surface area contributed by atoms with E-state index in [2.05, 4.69) is 59.0 Å². The molecule has 0 saturated heterocycles. The SMILES string of the molecule is CCN(c1cc2c(cc1Br)C(O)C(=O)N2)C(C)CN(C)C. The number of carbonyl (C=O) groups is 1. The molecule has 21 heavy (non-hydrogen) atoms. The molecule has 6 heteroatoms. The van der Waals surface area contributed by atoms with Crippen LogP contribution in [0.1, 0.15) is 25.5 Å². The summed E-state index contributed by atoms with van der Waals surface area (Å²) in [6, 6.07) is 4.10. The molecule has 5 nitrogen and oxygen atoms in total. The largest absolute Gasteiger partial charge is 0.378 e. The summed E-state index contributed by atoms with van der Waals surface area (Å²) in [6.07, 6.45) is -1.07. The van der Waals surface area contributed by atoms with E-state index in [1.165, 1.54) is 0 Å². The smallest absolute Gasteiger partial charge is 0.257 e. The van der Waals surface area contributed by atoms with Crippen molar-refractivity contribution in [1.82, 2.24) is 4.90 Å². The fourth-order valence-electron chi connectivity index (χ4n) is 2.82. The number of rotatable bonds is 5. The van der Waals surface area contributed by atoms with Crippen molar-refractivity contribution in [2.24, 2.45) is 0 Å². The molecule has 1 aliphatic rings. The molecule has 0 radical (unpaired) electrons. The number of benzene rings is 1. The second kappa shape index (κ2) is 6.34. The van der Waals surface area contributed by atoms with Gasteiger partial charge in [0.2, 0.25) is 0 Å². The number of fused-ring (bicyclic) bond motifs is 1. The predicted octanol–water partition coefficient (Wildman–Crippen LogP) is 2.21. The van der Waals surface area contributed by atoms with Crippen LogP contribution in [0.5, 0.6) is 0 Å². The van der Waals surface area contributed by atoms with Crippen molar-refractivity contribution < 1.29 is 9.90 Å². The fraction of sp³-hybridized carbons (Fsp3) is 0.533. The minimum absolute atomic E-state index is 0.335. The molecule has 1 aromatic carbocycles. The number of amides is 1. The highest BCUT2D eigenvalue weighted by atomic mass is 79.9. The van der Waals surface area contributed by atoms with Crippen molar-refractivity contribution in [2.45, 2.75) is 26.0 Å². The first-order valence-corrected chi connectivity index (χ1v) is 7.88. The Morgan fingerprint density at radius 2 is 2.10 bits per heavy atom. The predicted molar refractivity (Wildman–Crippen MR) is 88.8 cm³/mol. The molecule has 116 valence electrons. The van der Waals surface area contributed by atoms with Crippen LogP contribution in [0.2, 0.25) is 0 Å². The zero-order chi connectivity index (χ0) is 15.7. The Kier molecular flexibility index (Phi) is 4.91. The molecule has 2 unspecified atom stereocenters. The summed E-state index contributed by atoms with van der Waals surface area (Å²) in [6.45, 7) is 6.09. The number of nitrogens with zero attached hydrogens (tertiary/aromatic N) is 2. The molecule has 0 bridgehead atoms. The number of anilines is 2. The molecule has 0 aliphatic carbocycles. The van der Waals surface area contributed by atoms with Gasteiger partial charge in [-0.1, -0.05) is 0 Å². The van der Waals surface area contributed by atoms with Crippen LogP contribution in [-0.2, 0) is 4.79 Å². The lowest BCUT2D eigenvalue weighted by atomic mass is 10.1. The van der Waals surface area contributed by atoms with Crippen LogP contribution in [0.25, 0.3) is 0 Å². The maximum Gasteiger partial charge on any atom is 0.257 e. The van der Waals surface area contributed by atoms with Crippen molar-refractivity contribution in [1.29, 1.82) is 0 Å². The standard InChI is InChI=1S/C15H22BrN3O2/c1-5-19(9(2)8-18(3)4)13-7-12-10(6-11(13)16)14(20)15(21)17-12/h6-7,9,14,20H,5,8H2,1-4H3,(H,17,21). The van der Waals surface area contributed by atoms with E-state index in [1.807, 2.05) is 12.1 Å². The van der Waals surface area contributed by atoms with E-state index in [0.29, 0.717) is 17.3 Å². The lowest BCUT2D eigenvalue weighted by Gasteiger charge is -2.33. The topological polar surface area (TPSA) is 55.8 Å². The molecule has 0 saturated carbocycles. The molecular formula is C15H22BrN3O2. The highest BCUT2D eigenvalue weighted by Gasteiger charge is 2.30. The summed E-state index contributed by atoms with van der Waals surface area (Å²) in [7, 11) is 4.11. The Hall–Kier alpha value is -1.11. The van der Waals surface area contributed by atoms with E-state index in [9.17, 15) is 9.90 Å². The number of hydrogen-bond acceptors (Lipinski definition) is 4. The third kappa shape index (κ3) is 3.22. The summed E-state index contributed by atoms with van der Waals surface area (Å²) in [5.41, 5.74) is 2.35. The third-order valence-electron chi connectivity index (χ3n) is 3.73. The van der Waals surface area contributed by atoms with Crippen LogP contribution in [0.15, 0.2) is 16.6 Å². The molecular weight excluding hydrogens is 334 g/mol. The second-order valence-electron chi connectivity index (χ2n) is 5.68. The zero-order valence-corrected chi connectivity index (χ0v) is 14.4. The van der Waals surface area contributed by atoms with Crippen LogP contribution in [0, 0.1) is 0 Å². The Morgan fingerprint density at radius 3 is 2.67 bits per heavy atom. The van der Waals surface area contributed by atoms with Gasteiger partial charge in [0, 0.05) is 34.9 Å². The molecule has 0 fully saturated rings. The lowest BCUT2D eigenvalue weighted by Crippen LogP contribution is -2.40. The van der Waals surface area contributed by atoms with Crippen LogP contribution in [-0.4, -0.2) is 49.1 Å². The van der Waals surface area contributed by atoms with E-state index >= 15 is 0 Å². The summed E-state index contributed by atoms with van der Waals surface area (Å²) >= 11 is 3.57. The van der Waals surface area contributed by atoms with Crippen molar-refractivity contribution >= 4 is 33.2 Å². The molecule has 1 aliphatic heterocycles. The molecule has 2 N–H and O–H groups in total. The van der Waals surface area contributed by atoms with Gasteiger partial charge in [0.05, 0.1) is 5.69 Å². The van der Waals surface area contributed by atoms with Gasteiger partial charge in [0.1, 0.15) is 0 Å². The highest BCUT2D eigenvalue weighted by molar-refractivity contribution is 9.10. The van der Waals surface area contributed by atoms with Crippen LogP contribution >= 0.6 is 15.9 Å². The number of carbonyl (C=O) groups excluding carboxylic acids is 1. The molecule has 2 atom stereocenters. The van der Waals surface area contributed by atoms with Gasteiger partial charge in [0.25, 0.3) is 5.91 Å². The maximum absolute atomic E-state index is 11.6. The first-order valence-electron chi connectivity index (χ1n) is 7.08. The second-order valence-corrected chi connectivity index (χ2v) is 6.53. The van der Waals surface area contributed by atoms with Gasteiger partial charge in [-0.2, -0.15) is 0 Å². The normalized spacial score (nSPS) is 18.6. The number of halogens is 1. The van der Waals surface area contributed by atoms with E-state index in [1.54, 1.807) is 0 Å². The number of likely N-dealkylation sites (N-methyl/N-ethyl adjacent to an activating group) is 2. The maximum atomic E-state index is 11.6. The summed E-state index contributed by atoms with van der Waals surface area (Å²) in [5, 5.41) is 12.6. The monoisotopic (exact) mass is 355 g/mol. The minimum Gasteiger partial charge on any atom is -0.378 e. The van der Waals surface area contributed by atoms with E-state index in [0.717, 1.165) is 23.2 Å². The third-order valence-corrected chi connectivity index (χ3v) is 4.37. The summed E-state index contributed by atoms with van der Waals surface area (Å²) < 4.78 is 0.893. The first kappa shape index (κ1) is 16.3. The van der Waals surface area contributed by atoms with Crippen LogP contribution in [0.4, 0.5) is 11.4 Å². The van der Waals surface area contributed by atoms with Gasteiger partial charge in [0.15, 0.2) is 6.10 Å². The highest BCUT2D eigenvalue weighted by Crippen LogP contribution is 2.39. The molecule has 0 spiro atoms. The van der Waals surface area contributed by atoms with E-state index in [4.69, 9.17) is 0 Å². The van der Waals surface area contributed by atoms with Crippen molar-refractivity contribution in [3.8, 4) is 0 Å². The molecule has 1 heterocycles. The van der Waals surface area contributed by atoms with Crippen molar-refractivity contribution in [2.75, 3.05) is 37.4 Å². The van der Waals surface area contributed by atoms with Gasteiger partial charge in [-0.25, -0.2) is 0 Å². The number of nitrogens with one attached hydrogen (secondary N) is 1. The number of aliphatic hydroxyl groups excluding tert-OH is 1. The average Bonchev–Trinajstić information content (AvgIpc) is 2.66. The van der Waals surface area contributed by atoms with Crippen LogP contribution in [0.3, 0.4) is 0 Å². The van der Waals surface area contributed by atoms with E-state index < -0.39 is 6.10 Å². The summed E-state index contributed by atoms with van der Waals surface area (Å²) in [4.78, 5) is 16.0. The fourth-order valence-corrected chi connectivity index (χ4v) is 3.41. The Morgan fingerprint density at radius 1 is 1.43 bits per heavy atom.